The first-order valence-electron chi connectivity index (χ1n) is 12.9. The molecule has 2 aromatic carbocycles. The second kappa shape index (κ2) is 10.4. The minimum absolute atomic E-state index is 0.0698. The number of hydrogen-bond donors (Lipinski definition) is 3. The van der Waals surface area contributed by atoms with E-state index in [4.69, 9.17) is 18.9 Å². The Morgan fingerprint density at radius 1 is 1.18 bits per heavy atom. The van der Waals surface area contributed by atoms with Gasteiger partial charge in [0.1, 0.15) is 12.4 Å². The molecule has 0 saturated carbocycles. The highest BCUT2D eigenvalue weighted by Gasteiger charge is 2.47. The van der Waals surface area contributed by atoms with E-state index in [-0.39, 0.29) is 55.4 Å². The van der Waals surface area contributed by atoms with Gasteiger partial charge in [0.25, 0.3) is 0 Å². The Morgan fingerprint density at radius 2 is 1.92 bits per heavy atom. The molecule has 2 N–H and O–H groups in total. The third-order valence-electron chi connectivity index (χ3n) is 8.08. The van der Waals surface area contributed by atoms with Crippen LogP contribution in [0, 0.1) is 13.8 Å². The van der Waals surface area contributed by atoms with E-state index in [1.165, 1.54) is 0 Å². The van der Waals surface area contributed by atoms with Gasteiger partial charge in [-0.2, -0.15) is 12.6 Å². The molecule has 10 heteroatoms. The van der Waals surface area contributed by atoms with Crippen molar-refractivity contribution in [2.75, 3.05) is 46.9 Å². The van der Waals surface area contributed by atoms with E-state index in [0.717, 1.165) is 27.8 Å². The topological polar surface area (TPSA) is 101 Å². The van der Waals surface area contributed by atoms with Crippen molar-refractivity contribution in [3.8, 4) is 28.7 Å². The summed E-state index contributed by atoms with van der Waals surface area (Å²) in [6.45, 7) is 4.58. The fraction of sp³-hybridized carbons (Fsp3) is 0.536. The number of hydrogen-bond acceptors (Lipinski definition) is 10. The van der Waals surface area contributed by atoms with Crippen molar-refractivity contribution in [1.82, 2.24) is 9.80 Å². The van der Waals surface area contributed by atoms with E-state index in [0.29, 0.717) is 48.0 Å². The smallest absolute Gasteiger partial charge is 0.306 e. The van der Waals surface area contributed by atoms with Gasteiger partial charge in [0.2, 0.25) is 6.79 Å². The molecule has 0 aliphatic carbocycles. The molecule has 0 amide bonds. The lowest BCUT2D eigenvalue weighted by molar-refractivity contribution is -0.145. The van der Waals surface area contributed by atoms with Crippen LogP contribution in [0.4, 0.5) is 0 Å². The van der Waals surface area contributed by atoms with E-state index >= 15 is 0 Å². The molecule has 3 aliphatic rings. The fourth-order valence-corrected chi connectivity index (χ4v) is 6.65. The number of rotatable bonds is 6. The van der Waals surface area contributed by atoms with Crippen LogP contribution in [0.25, 0.3) is 0 Å². The summed E-state index contributed by atoms with van der Waals surface area (Å²) in [7, 11) is 5.55. The molecule has 2 aromatic rings. The Kier molecular flexibility index (Phi) is 7.32. The molecule has 206 valence electrons. The minimum Gasteiger partial charge on any atom is -0.507 e. The van der Waals surface area contributed by atoms with Crippen molar-refractivity contribution < 1.29 is 34.0 Å². The number of benzene rings is 2. The van der Waals surface area contributed by atoms with Gasteiger partial charge in [-0.3, -0.25) is 9.69 Å². The highest BCUT2D eigenvalue weighted by Crippen LogP contribution is 2.55. The monoisotopic (exact) mass is 544 g/mol. The number of ether oxygens (including phenoxy) is 4. The standard InChI is InChI=1S/C28H36N2O7S/c1-14-10-16-6-8-30-18(23(29(3)4)21(16)25(33)26(14)34-5)11-17-22(19(30)12-35-20(31)7-9-38)28-27(36-13-37-28)15(2)24(17)32/h10,18-19,23,32-33,38H,6-9,11-13H2,1-5H3. The van der Waals surface area contributed by atoms with E-state index in [2.05, 4.69) is 28.5 Å². The summed E-state index contributed by atoms with van der Waals surface area (Å²) in [6, 6.07) is 1.34. The van der Waals surface area contributed by atoms with Gasteiger partial charge in [-0.15, -0.1) is 0 Å². The predicted molar refractivity (Wildman–Crippen MR) is 145 cm³/mol. The Labute approximate surface area is 228 Å². The number of thiol groups is 1. The maximum atomic E-state index is 12.4. The lowest BCUT2D eigenvalue weighted by Gasteiger charge is -2.47. The van der Waals surface area contributed by atoms with Crippen molar-refractivity contribution >= 4 is 18.6 Å². The van der Waals surface area contributed by atoms with E-state index in [1.807, 2.05) is 27.9 Å². The zero-order valence-corrected chi connectivity index (χ0v) is 23.4. The van der Waals surface area contributed by atoms with Crippen molar-refractivity contribution in [3.63, 3.8) is 0 Å². The molecule has 3 unspecified atom stereocenters. The summed E-state index contributed by atoms with van der Waals surface area (Å²) < 4.78 is 23.0. The van der Waals surface area contributed by atoms with E-state index in [1.54, 1.807) is 7.11 Å². The second-order valence-electron chi connectivity index (χ2n) is 10.4. The van der Waals surface area contributed by atoms with Crippen LogP contribution in [0.15, 0.2) is 6.07 Å². The molecule has 9 nitrogen and oxygen atoms in total. The van der Waals surface area contributed by atoms with Crippen molar-refractivity contribution in [2.24, 2.45) is 0 Å². The van der Waals surface area contributed by atoms with Crippen molar-refractivity contribution in [2.45, 2.75) is 51.2 Å². The normalized spacial score (nSPS) is 21.9. The van der Waals surface area contributed by atoms with Crippen LogP contribution < -0.4 is 14.2 Å². The van der Waals surface area contributed by atoms with Gasteiger partial charge >= 0.3 is 5.97 Å². The number of carbonyl (C=O) groups is 1. The molecule has 0 bridgehead atoms. The van der Waals surface area contributed by atoms with Gasteiger partial charge < -0.3 is 34.1 Å². The number of likely N-dealkylation sites (N-methyl/N-ethyl adjacent to an activating group) is 1. The fourth-order valence-electron chi connectivity index (χ4n) is 6.47. The van der Waals surface area contributed by atoms with Crippen LogP contribution >= 0.6 is 12.6 Å². The van der Waals surface area contributed by atoms with Crippen molar-refractivity contribution in [1.29, 1.82) is 0 Å². The Hall–Kier alpha value is -2.82. The molecule has 0 saturated heterocycles. The number of nitrogens with zero attached hydrogens (tertiary/aromatic N) is 2. The first-order valence-corrected chi connectivity index (χ1v) is 13.5. The summed E-state index contributed by atoms with van der Waals surface area (Å²) in [5.41, 5.74) is 4.95. The molecular formula is C28H36N2O7S. The number of carbonyl (C=O) groups excluding carboxylic acids is 1. The highest BCUT2D eigenvalue weighted by molar-refractivity contribution is 7.80. The Morgan fingerprint density at radius 3 is 2.61 bits per heavy atom. The largest absolute Gasteiger partial charge is 0.507 e. The maximum absolute atomic E-state index is 12.4. The van der Waals surface area contributed by atoms with Crippen LogP contribution in [0.2, 0.25) is 0 Å². The molecule has 38 heavy (non-hydrogen) atoms. The summed E-state index contributed by atoms with van der Waals surface area (Å²) in [5, 5.41) is 22.8. The molecule has 0 aromatic heterocycles. The molecule has 5 rings (SSSR count). The molecule has 0 radical (unpaired) electrons. The number of esters is 1. The number of methoxy groups -OCH3 is 1. The number of aryl methyl sites for hydroxylation is 1. The van der Waals surface area contributed by atoms with Gasteiger partial charge in [0.05, 0.1) is 25.6 Å². The number of phenols is 2. The predicted octanol–water partition coefficient (Wildman–Crippen LogP) is 3.44. The Balaban J connectivity index is 1.69. The molecule has 3 atom stereocenters. The number of phenolic OH excluding ortho intramolecular Hbond substituents is 2. The van der Waals surface area contributed by atoms with Gasteiger partial charge in [-0.05, 0) is 51.9 Å². The molecular weight excluding hydrogens is 508 g/mol. The Bertz CT molecular complexity index is 1260. The zero-order valence-electron chi connectivity index (χ0n) is 22.5. The lowest BCUT2D eigenvalue weighted by atomic mass is 9.81. The van der Waals surface area contributed by atoms with Gasteiger partial charge in [-0.25, -0.2) is 0 Å². The van der Waals surface area contributed by atoms with E-state index < -0.39 is 0 Å². The zero-order chi connectivity index (χ0) is 27.3. The summed E-state index contributed by atoms with van der Waals surface area (Å²) >= 11 is 4.17. The maximum Gasteiger partial charge on any atom is 0.306 e. The summed E-state index contributed by atoms with van der Waals surface area (Å²) in [4.78, 5) is 16.9. The molecule has 0 fully saturated rings. The van der Waals surface area contributed by atoms with Crippen LogP contribution in [0.1, 0.15) is 51.9 Å². The van der Waals surface area contributed by atoms with Crippen LogP contribution in [-0.2, 0) is 22.4 Å². The molecule has 3 aliphatic heterocycles. The number of aromatic hydroxyl groups is 2. The van der Waals surface area contributed by atoms with Gasteiger partial charge in [0, 0.05) is 40.6 Å². The summed E-state index contributed by atoms with van der Waals surface area (Å²) in [5.74, 6) is 2.00. The average molecular weight is 545 g/mol. The molecule has 0 spiro atoms. The van der Waals surface area contributed by atoms with E-state index in [9.17, 15) is 15.0 Å². The van der Waals surface area contributed by atoms with Crippen LogP contribution in [0.5, 0.6) is 28.7 Å². The second-order valence-corrected chi connectivity index (χ2v) is 10.9. The average Bonchev–Trinajstić information content (AvgIpc) is 3.30. The molecule has 3 heterocycles. The third kappa shape index (κ3) is 4.23. The van der Waals surface area contributed by atoms with Crippen molar-refractivity contribution in [3.05, 3.63) is 39.4 Å². The quantitative estimate of drug-likeness (QED) is 0.373. The lowest BCUT2D eigenvalue weighted by Crippen LogP contribution is -2.51. The van der Waals surface area contributed by atoms with Crippen LogP contribution in [-0.4, -0.2) is 78.9 Å². The van der Waals surface area contributed by atoms with Crippen LogP contribution in [0.3, 0.4) is 0 Å². The summed E-state index contributed by atoms with van der Waals surface area (Å²) in [6.07, 6.45) is 1.40. The van der Waals surface area contributed by atoms with Gasteiger partial charge in [0.15, 0.2) is 23.0 Å². The third-order valence-corrected chi connectivity index (χ3v) is 8.30. The SMILES string of the molecule is COc1c(C)cc2c(c1O)C(N(C)C)C1Cc3c(O)c(C)c4c(c3C(COC(=O)CCS)N1CC2)OCO4. The minimum atomic E-state index is -0.378. The van der Waals surface area contributed by atoms with Gasteiger partial charge in [-0.1, -0.05) is 6.07 Å². The number of fused-ring (bicyclic) bond motifs is 5. The first kappa shape index (κ1) is 26.8. The highest BCUT2D eigenvalue weighted by atomic mass is 32.1. The first-order chi connectivity index (χ1) is 18.2.